The minimum absolute atomic E-state index is 0.920. The highest BCUT2D eigenvalue weighted by Gasteiger charge is 2.14. The Morgan fingerprint density at radius 3 is 2.14 bits per heavy atom. The first-order valence-corrected chi connectivity index (χ1v) is 6.55. The van der Waals surface area contributed by atoms with Gasteiger partial charge in [0.2, 0.25) is 0 Å². The lowest BCUT2D eigenvalue weighted by Crippen LogP contribution is -2.11. The maximum Gasteiger partial charge on any atom is -0.0389 e. The van der Waals surface area contributed by atoms with Crippen LogP contribution in [-0.2, 0) is 0 Å². The van der Waals surface area contributed by atoms with E-state index < -0.39 is 0 Å². The van der Waals surface area contributed by atoms with Gasteiger partial charge in [-0.15, -0.1) is 0 Å². The maximum atomic E-state index is 3.99. The molecule has 0 nitrogen and oxygen atoms in total. The minimum atomic E-state index is 0.920. The predicted octanol–water partition coefficient (Wildman–Crippen LogP) is 5.23. The largest absolute Gasteiger partial charge is 0.0654 e. The normalized spacial score (nSPS) is 13.5. The number of rotatable bonds is 9. The van der Waals surface area contributed by atoms with Gasteiger partial charge in [-0.1, -0.05) is 79.1 Å². The zero-order valence-corrected chi connectivity index (χ0v) is 10.5. The molecule has 0 aliphatic heterocycles. The Hall–Kier alpha value is 0. The standard InChI is InChI=1S/C14H29/c1-5-8-9-12-13(4)14(10-6-2)11-7-3/h13-14H,2,5-12H2,1,3-4H3. The van der Waals surface area contributed by atoms with Gasteiger partial charge in [-0.2, -0.15) is 0 Å². The minimum Gasteiger partial charge on any atom is -0.0654 e. The summed E-state index contributed by atoms with van der Waals surface area (Å²) in [6.45, 7) is 11.0. The van der Waals surface area contributed by atoms with Crippen LogP contribution < -0.4 is 0 Å². The summed E-state index contributed by atoms with van der Waals surface area (Å²) in [6.07, 6.45) is 10.8. The molecular formula is C14H29. The molecule has 2 unspecified atom stereocenters. The third-order valence-electron chi connectivity index (χ3n) is 3.30. The summed E-state index contributed by atoms with van der Waals surface area (Å²) in [5.74, 6) is 1.86. The number of unbranched alkanes of at least 4 members (excludes halogenated alkanes) is 2. The van der Waals surface area contributed by atoms with Crippen LogP contribution in [0.2, 0.25) is 0 Å². The van der Waals surface area contributed by atoms with Gasteiger partial charge >= 0.3 is 0 Å². The molecule has 0 aromatic heterocycles. The lowest BCUT2D eigenvalue weighted by molar-refractivity contribution is 0.291. The monoisotopic (exact) mass is 197 g/mol. The lowest BCUT2D eigenvalue weighted by atomic mass is 9.83. The molecule has 0 spiro atoms. The molecule has 2 atom stereocenters. The number of hydrogen-bond donors (Lipinski definition) is 0. The molecule has 0 aliphatic rings. The van der Waals surface area contributed by atoms with Crippen LogP contribution in [0.4, 0.5) is 0 Å². The van der Waals surface area contributed by atoms with Crippen molar-refractivity contribution in [2.24, 2.45) is 11.8 Å². The average molecular weight is 197 g/mol. The molecule has 85 valence electrons. The second-order valence-corrected chi connectivity index (χ2v) is 4.66. The van der Waals surface area contributed by atoms with Crippen molar-refractivity contribution < 1.29 is 0 Å². The SMILES string of the molecule is [CH2]CCC(CCC)C(C)CCCCC. The van der Waals surface area contributed by atoms with Gasteiger partial charge in [0.05, 0.1) is 0 Å². The van der Waals surface area contributed by atoms with Gasteiger partial charge in [-0.05, 0) is 11.8 Å². The Bertz CT molecular complexity index is 101. The highest BCUT2D eigenvalue weighted by atomic mass is 14.2. The van der Waals surface area contributed by atoms with E-state index in [1.807, 2.05) is 0 Å². The summed E-state index contributed by atoms with van der Waals surface area (Å²) in [4.78, 5) is 0. The van der Waals surface area contributed by atoms with Crippen molar-refractivity contribution in [3.63, 3.8) is 0 Å². The third-order valence-corrected chi connectivity index (χ3v) is 3.30. The zero-order chi connectivity index (χ0) is 10.8. The summed E-state index contributed by atoms with van der Waals surface area (Å²) in [7, 11) is 0. The predicted molar refractivity (Wildman–Crippen MR) is 66.3 cm³/mol. The molecule has 0 amide bonds. The van der Waals surface area contributed by atoms with E-state index in [0.717, 1.165) is 18.3 Å². The third kappa shape index (κ3) is 6.45. The smallest absolute Gasteiger partial charge is 0.0389 e. The first kappa shape index (κ1) is 14.0. The molecule has 0 N–H and O–H groups in total. The second kappa shape index (κ2) is 9.55. The van der Waals surface area contributed by atoms with Crippen LogP contribution in [0.3, 0.4) is 0 Å². The Balaban J connectivity index is 3.69. The van der Waals surface area contributed by atoms with E-state index in [9.17, 15) is 0 Å². The van der Waals surface area contributed by atoms with Crippen LogP contribution in [-0.4, -0.2) is 0 Å². The summed E-state index contributed by atoms with van der Waals surface area (Å²) >= 11 is 0. The van der Waals surface area contributed by atoms with Gasteiger partial charge in [0.1, 0.15) is 0 Å². The number of hydrogen-bond acceptors (Lipinski definition) is 0. The van der Waals surface area contributed by atoms with Crippen molar-refractivity contribution in [3.8, 4) is 0 Å². The van der Waals surface area contributed by atoms with Crippen molar-refractivity contribution in [3.05, 3.63) is 6.92 Å². The molecule has 0 saturated heterocycles. The topological polar surface area (TPSA) is 0 Å². The first-order chi connectivity index (χ1) is 6.76. The van der Waals surface area contributed by atoms with Gasteiger partial charge < -0.3 is 0 Å². The zero-order valence-electron chi connectivity index (χ0n) is 10.5. The molecular weight excluding hydrogens is 168 g/mol. The Morgan fingerprint density at radius 2 is 1.64 bits per heavy atom. The van der Waals surface area contributed by atoms with E-state index in [1.54, 1.807) is 0 Å². The molecule has 0 heteroatoms. The van der Waals surface area contributed by atoms with Crippen molar-refractivity contribution in [2.45, 2.75) is 72.1 Å². The fourth-order valence-electron chi connectivity index (χ4n) is 2.30. The molecule has 0 aliphatic carbocycles. The molecule has 0 aromatic rings. The Kier molecular flexibility index (Phi) is 9.55. The van der Waals surface area contributed by atoms with E-state index in [0.29, 0.717) is 0 Å². The molecule has 0 fully saturated rings. The Morgan fingerprint density at radius 1 is 0.929 bits per heavy atom. The van der Waals surface area contributed by atoms with Crippen LogP contribution in [0.5, 0.6) is 0 Å². The summed E-state index contributed by atoms with van der Waals surface area (Å²) < 4.78 is 0. The summed E-state index contributed by atoms with van der Waals surface area (Å²) in [6, 6.07) is 0. The highest BCUT2D eigenvalue weighted by Crippen LogP contribution is 2.26. The fraction of sp³-hybridized carbons (Fsp3) is 0.929. The van der Waals surface area contributed by atoms with Gasteiger partial charge in [0.25, 0.3) is 0 Å². The van der Waals surface area contributed by atoms with Crippen LogP contribution >= 0.6 is 0 Å². The molecule has 0 bridgehead atoms. The Labute approximate surface area is 91.5 Å². The van der Waals surface area contributed by atoms with Crippen molar-refractivity contribution in [1.82, 2.24) is 0 Å². The molecule has 0 saturated carbocycles. The molecule has 0 heterocycles. The molecule has 1 radical (unpaired) electrons. The van der Waals surface area contributed by atoms with Crippen LogP contribution in [0.1, 0.15) is 72.1 Å². The van der Waals surface area contributed by atoms with E-state index in [-0.39, 0.29) is 0 Å². The lowest BCUT2D eigenvalue weighted by Gasteiger charge is -2.23. The van der Waals surface area contributed by atoms with Gasteiger partial charge in [0, 0.05) is 0 Å². The van der Waals surface area contributed by atoms with E-state index >= 15 is 0 Å². The second-order valence-electron chi connectivity index (χ2n) is 4.66. The molecule has 14 heavy (non-hydrogen) atoms. The average Bonchev–Trinajstić information content (AvgIpc) is 2.18. The van der Waals surface area contributed by atoms with E-state index in [4.69, 9.17) is 0 Å². The van der Waals surface area contributed by atoms with Gasteiger partial charge in [-0.25, -0.2) is 0 Å². The van der Waals surface area contributed by atoms with Gasteiger partial charge in [0.15, 0.2) is 0 Å². The molecule has 0 aromatic carbocycles. The first-order valence-electron chi connectivity index (χ1n) is 6.55. The fourth-order valence-corrected chi connectivity index (χ4v) is 2.30. The van der Waals surface area contributed by atoms with Crippen molar-refractivity contribution in [2.75, 3.05) is 0 Å². The summed E-state index contributed by atoms with van der Waals surface area (Å²) in [5.41, 5.74) is 0. The van der Waals surface area contributed by atoms with E-state index in [1.165, 1.54) is 44.9 Å². The van der Waals surface area contributed by atoms with Crippen LogP contribution in [0, 0.1) is 18.8 Å². The van der Waals surface area contributed by atoms with Crippen LogP contribution in [0.25, 0.3) is 0 Å². The molecule has 0 rings (SSSR count). The summed E-state index contributed by atoms with van der Waals surface area (Å²) in [5, 5.41) is 0. The highest BCUT2D eigenvalue weighted by molar-refractivity contribution is 4.67. The maximum absolute atomic E-state index is 3.99. The quantitative estimate of drug-likeness (QED) is 0.444. The van der Waals surface area contributed by atoms with Crippen molar-refractivity contribution in [1.29, 1.82) is 0 Å². The van der Waals surface area contributed by atoms with Crippen molar-refractivity contribution >= 4 is 0 Å². The van der Waals surface area contributed by atoms with E-state index in [2.05, 4.69) is 27.7 Å². The van der Waals surface area contributed by atoms with Gasteiger partial charge in [-0.3, -0.25) is 0 Å². The van der Waals surface area contributed by atoms with Crippen LogP contribution in [0.15, 0.2) is 0 Å².